The van der Waals surface area contributed by atoms with Crippen LogP contribution >= 0.6 is 0 Å². The van der Waals surface area contributed by atoms with Gasteiger partial charge in [0.1, 0.15) is 5.82 Å². The maximum atomic E-state index is 12.8. The Morgan fingerprint density at radius 1 is 1.50 bits per heavy atom. The van der Waals surface area contributed by atoms with Gasteiger partial charge < -0.3 is 10.8 Å². The van der Waals surface area contributed by atoms with Crippen LogP contribution in [0.15, 0.2) is 18.2 Å². The SMILES string of the molecule is Cc1cc(F)ccc1C(CN)CCO. The van der Waals surface area contributed by atoms with Crippen LogP contribution in [-0.4, -0.2) is 18.3 Å². The number of aliphatic hydroxyl groups is 1. The highest BCUT2D eigenvalue weighted by atomic mass is 19.1. The smallest absolute Gasteiger partial charge is 0.123 e. The highest BCUT2D eigenvalue weighted by molar-refractivity contribution is 5.30. The van der Waals surface area contributed by atoms with Crippen molar-refractivity contribution >= 4 is 0 Å². The number of benzene rings is 1. The predicted molar refractivity (Wildman–Crippen MR) is 54.6 cm³/mol. The Kier molecular flexibility index (Phi) is 4.04. The molecule has 0 saturated heterocycles. The van der Waals surface area contributed by atoms with Crippen molar-refractivity contribution < 1.29 is 9.50 Å². The van der Waals surface area contributed by atoms with Crippen LogP contribution in [0.4, 0.5) is 4.39 Å². The topological polar surface area (TPSA) is 46.2 Å². The molecule has 0 fully saturated rings. The molecule has 0 saturated carbocycles. The van der Waals surface area contributed by atoms with Crippen molar-refractivity contribution in [1.29, 1.82) is 0 Å². The van der Waals surface area contributed by atoms with Gasteiger partial charge in [-0.2, -0.15) is 0 Å². The summed E-state index contributed by atoms with van der Waals surface area (Å²) >= 11 is 0. The maximum Gasteiger partial charge on any atom is 0.123 e. The average Bonchev–Trinajstić information content (AvgIpc) is 2.15. The van der Waals surface area contributed by atoms with Crippen LogP contribution in [-0.2, 0) is 0 Å². The minimum atomic E-state index is -0.231. The van der Waals surface area contributed by atoms with Gasteiger partial charge in [-0.1, -0.05) is 6.07 Å². The minimum Gasteiger partial charge on any atom is -0.396 e. The predicted octanol–water partition coefficient (Wildman–Crippen LogP) is 1.56. The van der Waals surface area contributed by atoms with E-state index in [1.54, 1.807) is 6.07 Å². The molecule has 1 rings (SSSR count). The largest absolute Gasteiger partial charge is 0.396 e. The number of halogens is 1. The van der Waals surface area contributed by atoms with Gasteiger partial charge in [0.25, 0.3) is 0 Å². The van der Waals surface area contributed by atoms with Crippen LogP contribution in [0.25, 0.3) is 0 Å². The lowest BCUT2D eigenvalue weighted by Gasteiger charge is -2.16. The van der Waals surface area contributed by atoms with Crippen molar-refractivity contribution in [3.05, 3.63) is 35.1 Å². The van der Waals surface area contributed by atoms with Gasteiger partial charge >= 0.3 is 0 Å². The highest BCUT2D eigenvalue weighted by Gasteiger charge is 2.11. The summed E-state index contributed by atoms with van der Waals surface area (Å²) < 4.78 is 12.8. The first kappa shape index (κ1) is 11.1. The van der Waals surface area contributed by atoms with E-state index in [2.05, 4.69) is 0 Å². The Morgan fingerprint density at radius 2 is 2.21 bits per heavy atom. The molecule has 0 bridgehead atoms. The lowest BCUT2D eigenvalue weighted by atomic mass is 9.92. The molecule has 1 unspecified atom stereocenters. The molecule has 0 aliphatic carbocycles. The van der Waals surface area contributed by atoms with Crippen molar-refractivity contribution in [2.24, 2.45) is 5.73 Å². The molecule has 78 valence electrons. The Labute approximate surface area is 83.6 Å². The molecule has 1 atom stereocenters. The van der Waals surface area contributed by atoms with E-state index in [1.807, 2.05) is 6.92 Å². The fourth-order valence-electron chi connectivity index (χ4n) is 1.65. The van der Waals surface area contributed by atoms with E-state index < -0.39 is 0 Å². The average molecular weight is 197 g/mol. The van der Waals surface area contributed by atoms with Gasteiger partial charge in [0.05, 0.1) is 0 Å². The van der Waals surface area contributed by atoms with Gasteiger partial charge in [0, 0.05) is 6.61 Å². The maximum absolute atomic E-state index is 12.8. The van der Waals surface area contributed by atoms with Crippen molar-refractivity contribution in [2.45, 2.75) is 19.3 Å². The van der Waals surface area contributed by atoms with Crippen LogP contribution in [0.1, 0.15) is 23.5 Å². The third-order valence-corrected chi connectivity index (χ3v) is 2.43. The minimum absolute atomic E-state index is 0.110. The standard InChI is InChI=1S/C11H16FNO/c1-8-6-10(12)2-3-11(8)9(7-13)4-5-14/h2-3,6,9,14H,4-5,7,13H2,1H3. The second-order valence-electron chi connectivity index (χ2n) is 3.45. The zero-order valence-electron chi connectivity index (χ0n) is 8.33. The van der Waals surface area contributed by atoms with E-state index in [9.17, 15) is 4.39 Å². The van der Waals surface area contributed by atoms with Gasteiger partial charge in [-0.05, 0) is 49.1 Å². The molecule has 0 radical (unpaired) electrons. The fraction of sp³-hybridized carbons (Fsp3) is 0.455. The van der Waals surface area contributed by atoms with Crippen molar-refractivity contribution in [3.63, 3.8) is 0 Å². The molecule has 0 spiro atoms. The lowest BCUT2D eigenvalue weighted by Crippen LogP contribution is -2.15. The van der Waals surface area contributed by atoms with Gasteiger partial charge in [-0.3, -0.25) is 0 Å². The second-order valence-corrected chi connectivity index (χ2v) is 3.45. The summed E-state index contributed by atoms with van der Waals surface area (Å²) in [6.07, 6.45) is 0.628. The quantitative estimate of drug-likeness (QED) is 0.769. The fourth-order valence-corrected chi connectivity index (χ4v) is 1.65. The van der Waals surface area contributed by atoms with E-state index >= 15 is 0 Å². The summed E-state index contributed by atoms with van der Waals surface area (Å²) in [6.45, 7) is 2.45. The Bertz CT molecular complexity index is 301. The molecular formula is C11H16FNO. The van der Waals surface area contributed by atoms with Gasteiger partial charge in [0.2, 0.25) is 0 Å². The van der Waals surface area contributed by atoms with Crippen molar-refractivity contribution in [3.8, 4) is 0 Å². The van der Waals surface area contributed by atoms with E-state index in [1.165, 1.54) is 12.1 Å². The molecule has 3 N–H and O–H groups in total. The van der Waals surface area contributed by atoms with E-state index in [0.29, 0.717) is 13.0 Å². The van der Waals surface area contributed by atoms with Crippen molar-refractivity contribution in [2.75, 3.05) is 13.2 Å². The Hall–Kier alpha value is -0.930. The molecule has 0 aliphatic rings. The molecule has 1 aromatic carbocycles. The normalized spacial score (nSPS) is 12.9. The zero-order valence-corrected chi connectivity index (χ0v) is 8.33. The first-order valence-electron chi connectivity index (χ1n) is 4.76. The van der Waals surface area contributed by atoms with Gasteiger partial charge in [-0.15, -0.1) is 0 Å². The molecule has 2 nitrogen and oxygen atoms in total. The van der Waals surface area contributed by atoms with E-state index in [0.717, 1.165) is 11.1 Å². The second kappa shape index (κ2) is 5.08. The molecule has 0 amide bonds. The number of rotatable bonds is 4. The summed E-state index contributed by atoms with van der Waals surface area (Å²) in [5.41, 5.74) is 7.52. The molecule has 0 aliphatic heterocycles. The first-order valence-corrected chi connectivity index (χ1v) is 4.76. The Balaban J connectivity index is 2.92. The third kappa shape index (κ3) is 2.53. The van der Waals surface area contributed by atoms with Crippen LogP contribution in [0.2, 0.25) is 0 Å². The monoisotopic (exact) mass is 197 g/mol. The first-order chi connectivity index (χ1) is 6.69. The van der Waals surface area contributed by atoms with Crippen LogP contribution < -0.4 is 5.73 Å². The van der Waals surface area contributed by atoms with E-state index in [4.69, 9.17) is 10.8 Å². The Morgan fingerprint density at radius 3 is 2.71 bits per heavy atom. The molecular weight excluding hydrogens is 181 g/mol. The third-order valence-electron chi connectivity index (χ3n) is 2.43. The number of nitrogens with two attached hydrogens (primary N) is 1. The lowest BCUT2D eigenvalue weighted by molar-refractivity contribution is 0.276. The van der Waals surface area contributed by atoms with Crippen LogP contribution in [0, 0.1) is 12.7 Å². The van der Waals surface area contributed by atoms with Gasteiger partial charge in [0.15, 0.2) is 0 Å². The summed E-state index contributed by atoms with van der Waals surface area (Å²) in [7, 11) is 0. The summed E-state index contributed by atoms with van der Waals surface area (Å²) in [5, 5.41) is 8.84. The number of aryl methyl sites for hydroxylation is 1. The number of hydrogen-bond acceptors (Lipinski definition) is 2. The molecule has 1 aromatic rings. The van der Waals surface area contributed by atoms with Crippen molar-refractivity contribution in [1.82, 2.24) is 0 Å². The van der Waals surface area contributed by atoms with Gasteiger partial charge in [-0.25, -0.2) is 4.39 Å². The zero-order chi connectivity index (χ0) is 10.6. The molecule has 0 heterocycles. The number of hydrogen-bond donors (Lipinski definition) is 2. The molecule has 0 aromatic heterocycles. The van der Waals surface area contributed by atoms with Crippen LogP contribution in [0.3, 0.4) is 0 Å². The summed E-state index contributed by atoms with van der Waals surface area (Å²) in [4.78, 5) is 0. The van der Waals surface area contributed by atoms with Crippen LogP contribution in [0.5, 0.6) is 0 Å². The summed E-state index contributed by atoms with van der Waals surface area (Å²) in [6, 6.07) is 4.68. The number of aliphatic hydroxyl groups excluding tert-OH is 1. The molecule has 14 heavy (non-hydrogen) atoms. The highest BCUT2D eigenvalue weighted by Crippen LogP contribution is 2.22. The molecule has 3 heteroatoms. The van der Waals surface area contributed by atoms with E-state index in [-0.39, 0.29) is 18.3 Å². The summed E-state index contributed by atoms with van der Waals surface area (Å²) in [5.74, 6) is -0.105.